The summed E-state index contributed by atoms with van der Waals surface area (Å²) in [5, 5.41) is 9.31. The number of amides is 1. The van der Waals surface area contributed by atoms with E-state index in [0.717, 1.165) is 24.0 Å². The van der Waals surface area contributed by atoms with Crippen LogP contribution in [-0.2, 0) is 6.54 Å². The first-order valence-corrected chi connectivity index (χ1v) is 7.50. The fraction of sp³-hybridized carbons (Fsp3) is 0.500. The second-order valence-corrected chi connectivity index (χ2v) is 5.44. The summed E-state index contributed by atoms with van der Waals surface area (Å²) in [6.07, 6.45) is 1.20. The number of rotatable bonds is 5. The zero-order valence-electron chi connectivity index (χ0n) is 13.3. The molecule has 6 heteroatoms. The molecule has 0 bridgehead atoms. The lowest BCUT2D eigenvalue weighted by atomic mass is 10.1. The van der Waals surface area contributed by atoms with E-state index in [9.17, 15) is 4.79 Å². The largest absolute Gasteiger partial charge is 0.357 e. The van der Waals surface area contributed by atoms with Gasteiger partial charge in [-0.2, -0.15) is 0 Å². The van der Waals surface area contributed by atoms with Gasteiger partial charge in [-0.05, 0) is 37.0 Å². The minimum Gasteiger partial charge on any atom is -0.357 e. The molecule has 0 aromatic heterocycles. The van der Waals surface area contributed by atoms with Crippen molar-refractivity contribution in [2.45, 2.75) is 32.9 Å². The molecular weight excluding hydrogens is 391 g/mol. The molecule has 1 aromatic carbocycles. The fourth-order valence-electron chi connectivity index (χ4n) is 2.14. The van der Waals surface area contributed by atoms with Crippen molar-refractivity contribution in [3.05, 3.63) is 35.4 Å². The SMILES string of the molecule is CCNC(=NCc1cccc(C(=O)NC)c1)NC1CC1C.I. The van der Waals surface area contributed by atoms with Crippen LogP contribution in [0.2, 0.25) is 0 Å². The first-order chi connectivity index (χ1) is 10.1. The van der Waals surface area contributed by atoms with Crippen LogP contribution in [0.4, 0.5) is 0 Å². The summed E-state index contributed by atoms with van der Waals surface area (Å²) in [6, 6.07) is 8.10. The van der Waals surface area contributed by atoms with E-state index >= 15 is 0 Å². The lowest BCUT2D eigenvalue weighted by Gasteiger charge is -2.11. The van der Waals surface area contributed by atoms with Gasteiger partial charge < -0.3 is 16.0 Å². The topological polar surface area (TPSA) is 65.5 Å². The zero-order chi connectivity index (χ0) is 15.2. The van der Waals surface area contributed by atoms with Crippen molar-refractivity contribution in [1.29, 1.82) is 0 Å². The predicted octanol–water partition coefficient (Wildman–Crippen LogP) is 2.13. The van der Waals surface area contributed by atoms with E-state index in [0.29, 0.717) is 18.2 Å². The maximum Gasteiger partial charge on any atom is 0.251 e. The van der Waals surface area contributed by atoms with Crippen LogP contribution in [0, 0.1) is 5.92 Å². The molecule has 0 saturated heterocycles. The normalized spacial score (nSPS) is 19.9. The molecule has 1 saturated carbocycles. The van der Waals surface area contributed by atoms with Crippen molar-refractivity contribution in [3.63, 3.8) is 0 Å². The van der Waals surface area contributed by atoms with E-state index in [1.54, 1.807) is 13.1 Å². The molecule has 1 amide bonds. The van der Waals surface area contributed by atoms with Crippen LogP contribution in [0.5, 0.6) is 0 Å². The first-order valence-electron chi connectivity index (χ1n) is 7.50. The number of carbonyl (C=O) groups is 1. The lowest BCUT2D eigenvalue weighted by molar-refractivity contribution is 0.0963. The third kappa shape index (κ3) is 5.47. The summed E-state index contributed by atoms with van der Waals surface area (Å²) < 4.78 is 0. The van der Waals surface area contributed by atoms with Crippen LogP contribution in [0.15, 0.2) is 29.3 Å². The average Bonchev–Trinajstić information content (AvgIpc) is 3.19. The summed E-state index contributed by atoms with van der Waals surface area (Å²) >= 11 is 0. The molecule has 2 rings (SSSR count). The Bertz CT molecular complexity index is 533. The first kappa shape index (κ1) is 18.7. The zero-order valence-corrected chi connectivity index (χ0v) is 15.7. The van der Waals surface area contributed by atoms with Crippen LogP contribution < -0.4 is 16.0 Å². The van der Waals surface area contributed by atoms with Gasteiger partial charge in [-0.15, -0.1) is 24.0 Å². The van der Waals surface area contributed by atoms with Crippen LogP contribution in [0.1, 0.15) is 36.2 Å². The van der Waals surface area contributed by atoms with Gasteiger partial charge in [0.05, 0.1) is 6.54 Å². The molecule has 1 aliphatic rings. The Morgan fingerprint density at radius 1 is 1.41 bits per heavy atom. The molecule has 22 heavy (non-hydrogen) atoms. The molecule has 2 unspecified atom stereocenters. The number of carbonyl (C=O) groups excluding carboxylic acids is 1. The van der Waals surface area contributed by atoms with Crippen LogP contribution >= 0.6 is 24.0 Å². The maximum absolute atomic E-state index is 11.6. The van der Waals surface area contributed by atoms with Gasteiger partial charge in [-0.25, -0.2) is 4.99 Å². The molecular formula is C16H25IN4O. The highest BCUT2D eigenvalue weighted by Crippen LogP contribution is 2.28. The van der Waals surface area contributed by atoms with Crippen LogP contribution in [0.25, 0.3) is 0 Å². The molecule has 3 N–H and O–H groups in total. The number of nitrogens with zero attached hydrogens (tertiary/aromatic N) is 1. The van der Waals surface area contributed by atoms with Gasteiger partial charge in [-0.3, -0.25) is 4.79 Å². The number of hydrogen-bond acceptors (Lipinski definition) is 2. The van der Waals surface area contributed by atoms with Gasteiger partial charge in [0.25, 0.3) is 5.91 Å². The number of nitrogens with one attached hydrogen (secondary N) is 3. The fourth-order valence-corrected chi connectivity index (χ4v) is 2.14. The Kier molecular flexibility index (Phi) is 7.64. The molecule has 2 atom stereocenters. The highest BCUT2D eigenvalue weighted by molar-refractivity contribution is 14.0. The monoisotopic (exact) mass is 416 g/mol. The van der Waals surface area contributed by atoms with E-state index in [-0.39, 0.29) is 29.9 Å². The Morgan fingerprint density at radius 2 is 2.14 bits per heavy atom. The standard InChI is InChI=1S/C16H24N4O.HI/c1-4-18-16(20-14-8-11(14)2)19-10-12-6-5-7-13(9-12)15(21)17-3;/h5-7,9,11,14H,4,8,10H2,1-3H3,(H,17,21)(H2,18,19,20);1H. The van der Waals surface area contributed by atoms with Gasteiger partial charge in [-0.1, -0.05) is 19.1 Å². The Hall–Kier alpha value is -1.31. The highest BCUT2D eigenvalue weighted by Gasteiger charge is 2.33. The summed E-state index contributed by atoms with van der Waals surface area (Å²) in [6.45, 7) is 5.68. The lowest BCUT2D eigenvalue weighted by Crippen LogP contribution is -2.39. The average molecular weight is 416 g/mol. The summed E-state index contributed by atoms with van der Waals surface area (Å²) in [5.41, 5.74) is 1.69. The van der Waals surface area contributed by atoms with E-state index in [4.69, 9.17) is 0 Å². The summed E-state index contributed by atoms with van der Waals surface area (Å²) in [4.78, 5) is 16.2. The quantitative estimate of drug-likeness (QED) is 0.392. The second kappa shape index (κ2) is 8.97. The van der Waals surface area contributed by atoms with Gasteiger partial charge in [0.15, 0.2) is 5.96 Å². The molecule has 1 aromatic rings. The summed E-state index contributed by atoms with van der Waals surface area (Å²) in [7, 11) is 1.64. The van der Waals surface area contributed by atoms with Gasteiger partial charge in [0.1, 0.15) is 0 Å². The number of hydrogen-bond donors (Lipinski definition) is 3. The van der Waals surface area contributed by atoms with Crippen molar-refractivity contribution in [2.75, 3.05) is 13.6 Å². The van der Waals surface area contributed by atoms with Gasteiger partial charge in [0.2, 0.25) is 0 Å². The van der Waals surface area contributed by atoms with Crippen molar-refractivity contribution in [2.24, 2.45) is 10.9 Å². The summed E-state index contributed by atoms with van der Waals surface area (Å²) in [5.74, 6) is 1.50. The van der Waals surface area contributed by atoms with Crippen molar-refractivity contribution < 1.29 is 4.79 Å². The Labute approximate surface area is 149 Å². The van der Waals surface area contributed by atoms with Crippen molar-refractivity contribution >= 4 is 35.8 Å². The predicted molar refractivity (Wildman–Crippen MR) is 101 cm³/mol. The minimum absolute atomic E-state index is 0. The maximum atomic E-state index is 11.6. The van der Waals surface area contributed by atoms with Gasteiger partial charge >= 0.3 is 0 Å². The third-order valence-corrected chi connectivity index (χ3v) is 3.61. The molecule has 1 aliphatic carbocycles. The minimum atomic E-state index is -0.0716. The number of benzene rings is 1. The molecule has 0 aliphatic heterocycles. The Balaban J connectivity index is 0.00000242. The molecule has 0 heterocycles. The molecule has 1 fully saturated rings. The highest BCUT2D eigenvalue weighted by atomic mass is 127. The van der Waals surface area contributed by atoms with Crippen LogP contribution in [-0.4, -0.2) is 31.5 Å². The second-order valence-electron chi connectivity index (χ2n) is 5.44. The van der Waals surface area contributed by atoms with Crippen LogP contribution in [0.3, 0.4) is 0 Å². The molecule has 0 spiro atoms. The molecule has 5 nitrogen and oxygen atoms in total. The number of halogens is 1. The molecule has 122 valence electrons. The van der Waals surface area contributed by atoms with Crippen molar-refractivity contribution in [1.82, 2.24) is 16.0 Å². The number of guanidine groups is 1. The number of aliphatic imine (C=N–C) groups is 1. The Morgan fingerprint density at radius 3 is 2.73 bits per heavy atom. The smallest absolute Gasteiger partial charge is 0.251 e. The van der Waals surface area contributed by atoms with E-state index in [1.807, 2.05) is 18.2 Å². The molecule has 0 radical (unpaired) electrons. The van der Waals surface area contributed by atoms with Gasteiger partial charge in [0, 0.05) is 25.2 Å². The van der Waals surface area contributed by atoms with E-state index < -0.39 is 0 Å². The van der Waals surface area contributed by atoms with Crippen molar-refractivity contribution in [3.8, 4) is 0 Å². The van der Waals surface area contributed by atoms with E-state index in [1.165, 1.54) is 6.42 Å². The third-order valence-electron chi connectivity index (χ3n) is 3.61. The van der Waals surface area contributed by atoms with E-state index in [2.05, 4.69) is 34.8 Å².